The molecule has 1 amide bonds. The molecule has 0 spiro atoms. The molecule has 0 aromatic heterocycles. The molecule has 1 saturated heterocycles. The zero-order valence-corrected chi connectivity index (χ0v) is 12.9. The molecule has 0 radical (unpaired) electrons. The molecule has 2 unspecified atom stereocenters. The van der Waals surface area contributed by atoms with E-state index in [0.717, 1.165) is 6.54 Å². The van der Waals surface area contributed by atoms with Gasteiger partial charge in [0.1, 0.15) is 0 Å². The lowest BCUT2D eigenvalue weighted by Gasteiger charge is -2.40. The largest absolute Gasteiger partial charge is 0.373 e. The molecule has 1 aliphatic rings. The smallest absolute Gasteiger partial charge is 0.298 e. The highest BCUT2D eigenvalue weighted by Crippen LogP contribution is 2.28. The van der Waals surface area contributed by atoms with Crippen molar-refractivity contribution in [1.82, 2.24) is 9.80 Å². The second-order valence-corrected chi connectivity index (χ2v) is 5.31. The van der Waals surface area contributed by atoms with Crippen LogP contribution in [0.4, 0.5) is 0 Å². The number of ether oxygens (including phenoxy) is 1. The fourth-order valence-electron chi connectivity index (χ4n) is 2.69. The lowest BCUT2D eigenvalue weighted by atomic mass is 9.98. The van der Waals surface area contributed by atoms with Gasteiger partial charge in [0.15, 0.2) is 0 Å². The lowest BCUT2D eigenvalue weighted by Crippen LogP contribution is -2.48. The number of amides is 1. The summed E-state index contributed by atoms with van der Waals surface area (Å²) in [6, 6.07) is 10.4. The maximum atomic E-state index is 11.8. The summed E-state index contributed by atoms with van der Waals surface area (Å²) in [6.07, 6.45) is -0.0428. The molecule has 0 saturated carbocycles. The molecule has 1 fully saturated rings. The van der Waals surface area contributed by atoms with Crippen molar-refractivity contribution >= 4 is 5.91 Å². The summed E-state index contributed by atoms with van der Waals surface area (Å²) in [5.41, 5.74) is 1.21. The zero-order chi connectivity index (χ0) is 15.2. The first-order chi connectivity index (χ1) is 10.1. The molecule has 0 N–H and O–H groups in total. The average molecular weight is 286 g/mol. The van der Waals surface area contributed by atoms with E-state index in [1.807, 2.05) is 18.2 Å². The van der Waals surface area contributed by atoms with E-state index in [2.05, 4.69) is 35.9 Å². The Morgan fingerprint density at radius 2 is 2.14 bits per heavy atom. The molecule has 21 heavy (non-hydrogen) atoms. The maximum absolute atomic E-state index is 11.8. The van der Waals surface area contributed by atoms with Crippen LogP contribution in [0.25, 0.3) is 0 Å². The molecule has 0 aliphatic carbocycles. The van der Waals surface area contributed by atoms with Crippen LogP contribution in [-0.2, 0) is 9.53 Å². The molecule has 1 aromatic carbocycles. The number of carbonyl (C=O) groups excluding carboxylic acids is 1. The molecule has 2 rings (SSSR count). The topological polar surface area (TPSA) is 32.8 Å². The van der Waals surface area contributed by atoms with Gasteiger partial charge < -0.3 is 9.64 Å². The summed E-state index contributed by atoms with van der Waals surface area (Å²) in [5.74, 6) is 5.05. The Morgan fingerprint density at radius 1 is 1.43 bits per heavy atom. The van der Waals surface area contributed by atoms with E-state index in [4.69, 9.17) is 4.74 Å². The Kier molecular flexibility index (Phi) is 5.38. The number of morpholine rings is 1. The predicted molar refractivity (Wildman–Crippen MR) is 82.6 cm³/mol. The summed E-state index contributed by atoms with van der Waals surface area (Å²) >= 11 is 0. The van der Waals surface area contributed by atoms with Gasteiger partial charge in [0.05, 0.1) is 18.8 Å². The van der Waals surface area contributed by atoms with Crippen LogP contribution in [-0.4, -0.2) is 55.6 Å². The Balaban J connectivity index is 2.15. The van der Waals surface area contributed by atoms with Crippen molar-refractivity contribution in [2.75, 3.05) is 33.8 Å². The second kappa shape index (κ2) is 7.26. The van der Waals surface area contributed by atoms with E-state index >= 15 is 0 Å². The van der Waals surface area contributed by atoms with Crippen LogP contribution < -0.4 is 0 Å². The Bertz CT molecular complexity index is 533. The van der Waals surface area contributed by atoms with Crippen molar-refractivity contribution in [3.8, 4) is 11.8 Å². The first-order valence-corrected chi connectivity index (χ1v) is 7.18. The number of hydrogen-bond donors (Lipinski definition) is 0. The van der Waals surface area contributed by atoms with Gasteiger partial charge in [-0.15, -0.1) is 0 Å². The van der Waals surface area contributed by atoms with Crippen LogP contribution in [0.3, 0.4) is 0 Å². The molecule has 112 valence electrons. The van der Waals surface area contributed by atoms with E-state index in [0.29, 0.717) is 13.2 Å². The predicted octanol–water partition coefficient (Wildman–Crippen LogP) is 1.54. The summed E-state index contributed by atoms with van der Waals surface area (Å²) in [5, 5.41) is 0. The van der Waals surface area contributed by atoms with Crippen LogP contribution in [0, 0.1) is 11.8 Å². The van der Waals surface area contributed by atoms with E-state index in [1.165, 1.54) is 5.56 Å². The van der Waals surface area contributed by atoms with Gasteiger partial charge in [-0.25, -0.2) is 0 Å². The minimum absolute atomic E-state index is 0.0428. The first kappa shape index (κ1) is 15.6. The van der Waals surface area contributed by atoms with Crippen molar-refractivity contribution in [2.45, 2.75) is 19.1 Å². The third kappa shape index (κ3) is 3.84. The van der Waals surface area contributed by atoms with Gasteiger partial charge in [-0.2, -0.15) is 0 Å². The van der Waals surface area contributed by atoms with Gasteiger partial charge in [-0.1, -0.05) is 36.3 Å². The van der Waals surface area contributed by atoms with E-state index in [9.17, 15) is 4.79 Å². The van der Waals surface area contributed by atoms with Crippen LogP contribution >= 0.6 is 0 Å². The highest BCUT2D eigenvalue weighted by Gasteiger charge is 2.32. The van der Waals surface area contributed by atoms with Gasteiger partial charge in [0.25, 0.3) is 5.91 Å². The van der Waals surface area contributed by atoms with E-state index < -0.39 is 0 Å². The van der Waals surface area contributed by atoms with Gasteiger partial charge in [0, 0.05) is 20.1 Å². The van der Waals surface area contributed by atoms with E-state index in [-0.39, 0.29) is 18.1 Å². The third-order valence-electron chi connectivity index (χ3n) is 3.78. The van der Waals surface area contributed by atoms with Gasteiger partial charge in [0.2, 0.25) is 0 Å². The van der Waals surface area contributed by atoms with Crippen molar-refractivity contribution in [3.63, 3.8) is 0 Å². The van der Waals surface area contributed by atoms with Crippen molar-refractivity contribution in [1.29, 1.82) is 0 Å². The van der Waals surface area contributed by atoms with Crippen molar-refractivity contribution in [2.24, 2.45) is 0 Å². The third-order valence-corrected chi connectivity index (χ3v) is 3.78. The molecular formula is C17H22N2O2. The fraction of sp³-hybridized carbons (Fsp3) is 0.471. The van der Waals surface area contributed by atoms with Crippen LogP contribution in [0.2, 0.25) is 0 Å². The maximum Gasteiger partial charge on any atom is 0.298 e. The van der Waals surface area contributed by atoms with Crippen LogP contribution in [0.1, 0.15) is 18.5 Å². The highest BCUT2D eigenvalue weighted by molar-refractivity contribution is 5.93. The standard InChI is InChI=1S/C17H22N2O2/c1-4-8-16(20)19(3)13-15-17(18(2)11-12-21-15)14-9-6-5-7-10-14/h5-7,9-10,15,17H,11-13H2,1-3H3. The number of likely N-dealkylation sites (N-methyl/N-ethyl adjacent to an activating group) is 2. The second-order valence-electron chi connectivity index (χ2n) is 5.31. The molecular weight excluding hydrogens is 264 g/mol. The zero-order valence-electron chi connectivity index (χ0n) is 12.9. The average Bonchev–Trinajstić information content (AvgIpc) is 2.48. The monoisotopic (exact) mass is 286 g/mol. The minimum Gasteiger partial charge on any atom is -0.373 e. The quantitative estimate of drug-likeness (QED) is 0.790. The molecule has 2 atom stereocenters. The first-order valence-electron chi connectivity index (χ1n) is 7.18. The number of benzene rings is 1. The number of rotatable bonds is 3. The fourth-order valence-corrected chi connectivity index (χ4v) is 2.69. The van der Waals surface area contributed by atoms with Gasteiger partial charge >= 0.3 is 0 Å². The summed E-state index contributed by atoms with van der Waals surface area (Å²) in [6.45, 7) is 3.79. The summed E-state index contributed by atoms with van der Waals surface area (Å²) in [4.78, 5) is 15.7. The summed E-state index contributed by atoms with van der Waals surface area (Å²) < 4.78 is 5.93. The Morgan fingerprint density at radius 3 is 2.81 bits per heavy atom. The molecule has 1 aromatic rings. The SMILES string of the molecule is CC#CC(=O)N(C)CC1OCCN(C)C1c1ccccc1. The van der Waals surface area contributed by atoms with E-state index in [1.54, 1.807) is 18.9 Å². The van der Waals surface area contributed by atoms with Gasteiger partial charge in [-0.05, 0) is 25.5 Å². The van der Waals surface area contributed by atoms with Crippen LogP contribution in [0.5, 0.6) is 0 Å². The van der Waals surface area contributed by atoms with Gasteiger partial charge in [-0.3, -0.25) is 9.69 Å². The number of carbonyl (C=O) groups is 1. The number of nitrogens with zero attached hydrogens (tertiary/aromatic N) is 2. The Hall–Kier alpha value is -1.83. The molecule has 0 bridgehead atoms. The van der Waals surface area contributed by atoms with Crippen molar-refractivity contribution in [3.05, 3.63) is 35.9 Å². The van der Waals surface area contributed by atoms with Crippen molar-refractivity contribution < 1.29 is 9.53 Å². The highest BCUT2D eigenvalue weighted by atomic mass is 16.5. The minimum atomic E-state index is -0.166. The number of hydrogen-bond acceptors (Lipinski definition) is 3. The molecule has 4 heteroatoms. The molecule has 1 aliphatic heterocycles. The lowest BCUT2D eigenvalue weighted by molar-refractivity contribution is -0.129. The van der Waals surface area contributed by atoms with Crippen LogP contribution in [0.15, 0.2) is 30.3 Å². The summed E-state index contributed by atoms with van der Waals surface area (Å²) in [7, 11) is 3.87. The Labute approximate surface area is 126 Å². The molecule has 4 nitrogen and oxygen atoms in total. The molecule has 1 heterocycles. The normalized spacial score (nSPS) is 22.2.